The summed E-state index contributed by atoms with van der Waals surface area (Å²) in [5.74, 6) is 1.67. The Kier molecular flexibility index (Phi) is 6.25. The number of imidazole rings is 1. The van der Waals surface area contributed by atoms with Gasteiger partial charge in [-0.3, -0.25) is 4.79 Å². The zero-order valence-electron chi connectivity index (χ0n) is 19.1. The molecule has 5 aromatic rings. The highest BCUT2D eigenvalue weighted by Gasteiger charge is 2.18. The van der Waals surface area contributed by atoms with Crippen molar-refractivity contribution in [2.45, 2.75) is 25.9 Å². The smallest absolute Gasteiger partial charge is 0.224 e. The van der Waals surface area contributed by atoms with Crippen LogP contribution in [0.4, 0.5) is 0 Å². The fourth-order valence-corrected chi connectivity index (χ4v) is 4.37. The van der Waals surface area contributed by atoms with Gasteiger partial charge in [-0.2, -0.15) is 0 Å². The van der Waals surface area contributed by atoms with Gasteiger partial charge in [0.25, 0.3) is 0 Å². The standard InChI is InChI=1S/C29H27N3O2/c1-21(30-28(33)20-22-10-3-2-4-11-22)29-31-25-15-7-8-16-26(25)32(29)18-19-34-27-17-9-13-23-12-5-6-14-24(23)27/h2-17,21H,18-20H2,1H3,(H,30,33). The second-order valence-corrected chi connectivity index (χ2v) is 8.39. The fraction of sp³-hybridized carbons (Fsp3) is 0.172. The zero-order chi connectivity index (χ0) is 23.3. The molecule has 5 nitrogen and oxygen atoms in total. The number of aromatic nitrogens is 2. The van der Waals surface area contributed by atoms with Gasteiger partial charge in [0.1, 0.15) is 18.2 Å². The lowest BCUT2D eigenvalue weighted by atomic mass is 10.1. The molecule has 0 saturated heterocycles. The Bertz CT molecular complexity index is 1420. The molecule has 1 N–H and O–H groups in total. The number of amides is 1. The average Bonchev–Trinajstić information content (AvgIpc) is 3.23. The van der Waals surface area contributed by atoms with Crippen molar-refractivity contribution in [2.75, 3.05) is 6.61 Å². The summed E-state index contributed by atoms with van der Waals surface area (Å²) >= 11 is 0. The quantitative estimate of drug-likeness (QED) is 0.331. The first-order valence-electron chi connectivity index (χ1n) is 11.6. The number of para-hydroxylation sites is 2. The molecule has 5 heteroatoms. The van der Waals surface area contributed by atoms with Crippen molar-refractivity contribution >= 4 is 27.7 Å². The lowest BCUT2D eigenvalue weighted by molar-refractivity contribution is -0.121. The third-order valence-electron chi connectivity index (χ3n) is 5.98. The molecular weight excluding hydrogens is 422 g/mol. The predicted molar refractivity (Wildman–Crippen MR) is 136 cm³/mol. The second kappa shape index (κ2) is 9.79. The molecule has 0 bridgehead atoms. The summed E-state index contributed by atoms with van der Waals surface area (Å²) < 4.78 is 8.35. The van der Waals surface area contributed by atoms with Crippen LogP contribution in [0.1, 0.15) is 24.4 Å². The van der Waals surface area contributed by atoms with Crippen LogP contribution in [0.3, 0.4) is 0 Å². The van der Waals surface area contributed by atoms with Crippen molar-refractivity contribution in [3.8, 4) is 5.75 Å². The van der Waals surface area contributed by atoms with Crippen molar-refractivity contribution in [3.05, 3.63) is 108 Å². The van der Waals surface area contributed by atoms with E-state index in [1.165, 1.54) is 0 Å². The van der Waals surface area contributed by atoms with Crippen molar-refractivity contribution in [1.29, 1.82) is 0 Å². The Morgan fingerprint density at radius 1 is 0.912 bits per heavy atom. The van der Waals surface area contributed by atoms with Crippen molar-refractivity contribution in [2.24, 2.45) is 0 Å². The van der Waals surface area contributed by atoms with Gasteiger partial charge in [-0.25, -0.2) is 4.98 Å². The van der Waals surface area contributed by atoms with Crippen molar-refractivity contribution < 1.29 is 9.53 Å². The van der Waals surface area contributed by atoms with Gasteiger partial charge in [0.05, 0.1) is 30.0 Å². The van der Waals surface area contributed by atoms with Gasteiger partial charge in [0, 0.05) is 5.39 Å². The summed E-state index contributed by atoms with van der Waals surface area (Å²) in [6, 6.07) is 31.9. The topological polar surface area (TPSA) is 56.2 Å². The molecule has 1 aromatic heterocycles. The van der Waals surface area contributed by atoms with Crippen LogP contribution < -0.4 is 10.1 Å². The summed E-state index contributed by atoms with van der Waals surface area (Å²) in [5.41, 5.74) is 2.93. The maximum absolute atomic E-state index is 12.7. The first-order chi connectivity index (χ1) is 16.7. The van der Waals surface area contributed by atoms with E-state index in [-0.39, 0.29) is 11.9 Å². The molecule has 1 atom stereocenters. The molecule has 0 saturated carbocycles. The zero-order valence-corrected chi connectivity index (χ0v) is 19.1. The Hall–Kier alpha value is -4.12. The maximum atomic E-state index is 12.7. The Labute approximate surface area is 199 Å². The highest BCUT2D eigenvalue weighted by atomic mass is 16.5. The highest BCUT2D eigenvalue weighted by molar-refractivity contribution is 5.88. The number of benzene rings is 4. The number of rotatable bonds is 8. The molecule has 5 rings (SSSR count). The lowest BCUT2D eigenvalue weighted by Crippen LogP contribution is -2.30. The number of nitrogens with one attached hydrogen (secondary N) is 1. The highest BCUT2D eigenvalue weighted by Crippen LogP contribution is 2.26. The van der Waals surface area contributed by atoms with E-state index in [0.717, 1.165) is 38.9 Å². The van der Waals surface area contributed by atoms with Crippen LogP contribution in [0, 0.1) is 0 Å². The van der Waals surface area contributed by atoms with Crippen LogP contribution in [-0.2, 0) is 17.8 Å². The summed E-state index contributed by atoms with van der Waals surface area (Å²) in [7, 11) is 0. The minimum absolute atomic E-state index is 0.0238. The molecular formula is C29H27N3O2. The summed E-state index contributed by atoms with van der Waals surface area (Å²) in [4.78, 5) is 17.5. The third-order valence-corrected chi connectivity index (χ3v) is 5.98. The molecule has 34 heavy (non-hydrogen) atoms. The monoisotopic (exact) mass is 449 g/mol. The van der Waals surface area contributed by atoms with Crippen LogP contribution in [0.25, 0.3) is 21.8 Å². The SMILES string of the molecule is CC(NC(=O)Cc1ccccc1)c1nc2ccccc2n1CCOc1cccc2ccccc12. The third kappa shape index (κ3) is 4.64. The first-order valence-corrected chi connectivity index (χ1v) is 11.6. The molecule has 0 aliphatic carbocycles. The molecule has 170 valence electrons. The Balaban J connectivity index is 1.34. The minimum atomic E-state index is -0.235. The average molecular weight is 450 g/mol. The number of hydrogen-bond acceptors (Lipinski definition) is 3. The fourth-order valence-electron chi connectivity index (χ4n) is 4.37. The molecule has 0 spiro atoms. The number of fused-ring (bicyclic) bond motifs is 2. The van der Waals surface area contributed by atoms with E-state index in [4.69, 9.17) is 9.72 Å². The minimum Gasteiger partial charge on any atom is -0.491 e. The van der Waals surface area contributed by atoms with E-state index in [1.54, 1.807) is 0 Å². The van der Waals surface area contributed by atoms with Crippen LogP contribution in [0.15, 0.2) is 97.1 Å². The van der Waals surface area contributed by atoms with Gasteiger partial charge >= 0.3 is 0 Å². The molecule has 0 fully saturated rings. The van der Waals surface area contributed by atoms with Crippen LogP contribution in [0.2, 0.25) is 0 Å². The van der Waals surface area contributed by atoms with Crippen molar-refractivity contribution in [3.63, 3.8) is 0 Å². The molecule has 0 aliphatic rings. The summed E-state index contributed by atoms with van der Waals surface area (Å²) in [6.45, 7) is 3.09. The second-order valence-electron chi connectivity index (χ2n) is 8.39. The summed E-state index contributed by atoms with van der Waals surface area (Å²) in [5, 5.41) is 5.37. The van der Waals surface area contributed by atoms with E-state index >= 15 is 0 Å². The number of nitrogens with zero attached hydrogens (tertiary/aromatic N) is 2. The number of ether oxygens (including phenoxy) is 1. The molecule has 1 unspecified atom stereocenters. The van der Waals surface area contributed by atoms with E-state index in [1.807, 2.05) is 79.7 Å². The van der Waals surface area contributed by atoms with Gasteiger partial charge in [-0.05, 0) is 36.1 Å². The van der Waals surface area contributed by atoms with Gasteiger partial charge in [-0.1, -0.05) is 78.9 Å². The van der Waals surface area contributed by atoms with Crippen molar-refractivity contribution in [1.82, 2.24) is 14.9 Å². The van der Waals surface area contributed by atoms with Gasteiger partial charge < -0.3 is 14.6 Å². The van der Waals surface area contributed by atoms with E-state index in [2.05, 4.69) is 34.1 Å². The molecule has 4 aromatic carbocycles. The maximum Gasteiger partial charge on any atom is 0.224 e. The van der Waals surface area contributed by atoms with Crippen LogP contribution in [-0.4, -0.2) is 22.1 Å². The van der Waals surface area contributed by atoms with Crippen LogP contribution >= 0.6 is 0 Å². The normalized spacial score (nSPS) is 12.0. The molecule has 0 radical (unpaired) electrons. The van der Waals surface area contributed by atoms with E-state index < -0.39 is 0 Å². The Morgan fingerprint density at radius 2 is 1.65 bits per heavy atom. The predicted octanol–water partition coefficient (Wildman–Crippen LogP) is 5.69. The summed E-state index contributed by atoms with van der Waals surface area (Å²) in [6.07, 6.45) is 0.343. The van der Waals surface area contributed by atoms with Gasteiger partial charge in [0.15, 0.2) is 0 Å². The number of hydrogen-bond donors (Lipinski definition) is 1. The number of carbonyl (C=O) groups is 1. The van der Waals surface area contributed by atoms with E-state index in [9.17, 15) is 4.79 Å². The molecule has 1 amide bonds. The van der Waals surface area contributed by atoms with E-state index in [0.29, 0.717) is 19.6 Å². The molecule has 0 aliphatic heterocycles. The molecule has 1 heterocycles. The van der Waals surface area contributed by atoms with Gasteiger partial charge in [-0.15, -0.1) is 0 Å². The number of carbonyl (C=O) groups excluding carboxylic acids is 1. The lowest BCUT2D eigenvalue weighted by Gasteiger charge is -2.17. The van der Waals surface area contributed by atoms with Crippen LogP contribution in [0.5, 0.6) is 5.75 Å². The first kappa shape index (κ1) is 21.7. The Morgan fingerprint density at radius 3 is 2.53 bits per heavy atom. The largest absolute Gasteiger partial charge is 0.491 e. The van der Waals surface area contributed by atoms with Gasteiger partial charge in [0.2, 0.25) is 5.91 Å².